The Balaban J connectivity index is 4.59. The fourth-order valence-corrected chi connectivity index (χ4v) is 1.60. The number of hydrogen-bond donors (Lipinski definition) is 2. The molecule has 0 aliphatic rings. The van der Waals surface area contributed by atoms with Crippen LogP contribution in [0.5, 0.6) is 0 Å². The van der Waals surface area contributed by atoms with E-state index in [0.29, 0.717) is 0 Å². The largest absolute Gasteiger partial charge is 0.467 e. The maximum Gasteiger partial charge on any atom is 0.414 e. The molecule has 3 amide bonds. The van der Waals surface area contributed by atoms with E-state index in [4.69, 9.17) is 9.47 Å². The lowest BCUT2D eigenvalue weighted by atomic mass is 10.1. The Labute approximate surface area is 147 Å². The Morgan fingerprint density at radius 2 is 1.36 bits per heavy atom. The van der Waals surface area contributed by atoms with Crippen LogP contribution in [0.15, 0.2) is 0 Å². The SMILES string of the molecule is COC(=O)[C@H](CCC(=O)NC(=O)OC(C)(C)C)NC(=O)OC(C)(C)C. The summed E-state index contributed by atoms with van der Waals surface area (Å²) < 4.78 is 14.6. The van der Waals surface area contributed by atoms with Gasteiger partial charge in [-0.2, -0.15) is 0 Å². The number of rotatable bonds is 5. The Morgan fingerprint density at radius 1 is 0.880 bits per heavy atom. The van der Waals surface area contributed by atoms with Crippen LogP contribution in [-0.4, -0.2) is 48.4 Å². The molecule has 0 aromatic rings. The molecule has 144 valence electrons. The summed E-state index contributed by atoms with van der Waals surface area (Å²) in [5, 5.41) is 4.38. The minimum absolute atomic E-state index is 0.0689. The van der Waals surface area contributed by atoms with Gasteiger partial charge in [0.05, 0.1) is 7.11 Å². The van der Waals surface area contributed by atoms with Crippen LogP contribution in [0.25, 0.3) is 0 Å². The first-order valence-electron chi connectivity index (χ1n) is 7.83. The number of imide groups is 1. The van der Waals surface area contributed by atoms with Crippen LogP contribution < -0.4 is 10.6 Å². The summed E-state index contributed by atoms with van der Waals surface area (Å²) in [6.45, 7) is 10.0. The molecular weight excluding hydrogens is 332 g/mol. The highest BCUT2D eigenvalue weighted by molar-refractivity contribution is 5.92. The van der Waals surface area contributed by atoms with E-state index in [1.54, 1.807) is 41.5 Å². The van der Waals surface area contributed by atoms with Gasteiger partial charge in [0.15, 0.2) is 0 Å². The van der Waals surface area contributed by atoms with Crippen molar-refractivity contribution in [2.24, 2.45) is 0 Å². The van der Waals surface area contributed by atoms with Gasteiger partial charge >= 0.3 is 18.2 Å². The van der Waals surface area contributed by atoms with E-state index in [0.717, 1.165) is 7.11 Å². The highest BCUT2D eigenvalue weighted by Crippen LogP contribution is 2.09. The quantitative estimate of drug-likeness (QED) is 0.567. The van der Waals surface area contributed by atoms with Crippen LogP contribution in [0.2, 0.25) is 0 Å². The number of hydrogen-bond acceptors (Lipinski definition) is 7. The normalized spacial score (nSPS) is 12.6. The van der Waals surface area contributed by atoms with Crippen molar-refractivity contribution < 1.29 is 33.4 Å². The Bertz CT molecular complexity index is 504. The van der Waals surface area contributed by atoms with Gasteiger partial charge in [0.1, 0.15) is 17.2 Å². The standard InChI is InChI=1S/C16H28N2O7/c1-15(2,3)24-13(21)17-10(12(20)23-7)8-9-11(19)18-14(22)25-16(4,5)6/h10H,8-9H2,1-7H3,(H,17,21)(H,18,19,22)/t10-/m0/s1. The van der Waals surface area contributed by atoms with Crippen LogP contribution >= 0.6 is 0 Å². The Hall–Kier alpha value is -2.32. The fraction of sp³-hybridized carbons (Fsp3) is 0.750. The summed E-state index contributed by atoms with van der Waals surface area (Å²) in [6, 6.07) is -1.08. The van der Waals surface area contributed by atoms with E-state index in [1.165, 1.54) is 0 Å². The van der Waals surface area contributed by atoms with Crippen LogP contribution in [0.3, 0.4) is 0 Å². The number of alkyl carbamates (subject to hydrolysis) is 2. The van der Waals surface area contributed by atoms with Gasteiger partial charge in [-0.15, -0.1) is 0 Å². The average Bonchev–Trinajstić information content (AvgIpc) is 2.38. The van der Waals surface area contributed by atoms with Crippen molar-refractivity contribution in [3.8, 4) is 0 Å². The molecule has 0 radical (unpaired) electrons. The van der Waals surface area contributed by atoms with Gasteiger partial charge in [0, 0.05) is 6.42 Å². The van der Waals surface area contributed by atoms with Gasteiger partial charge in [-0.25, -0.2) is 14.4 Å². The predicted octanol–water partition coefficient (Wildman–Crippen LogP) is 1.88. The van der Waals surface area contributed by atoms with Crippen molar-refractivity contribution in [1.29, 1.82) is 0 Å². The third-order valence-corrected chi connectivity index (χ3v) is 2.48. The van der Waals surface area contributed by atoms with E-state index in [-0.39, 0.29) is 12.8 Å². The predicted molar refractivity (Wildman–Crippen MR) is 88.8 cm³/mol. The maximum absolute atomic E-state index is 11.8. The molecule has 0 heterocycles. The summed E-state index contributed by atoms with van der Waals surface area (Å²) in [4.78, 5) is 46.7. The molecule has 9 heteroatoms. The monoisotopic (exact) mass is 360 g/mol. The summed E-state index contributed by atoms with van der Waals surface area (Å²) in [5.41, 5.74) is -1.48. The molecule has 0 saturated heterocycles. The van der Waals surface area contributed by atoms with Gasteiger partial charge in [-0.3, -0.25) is 10.1 Å². The summed E-state index contributed by atoms with van der Waals surface area (Å²) >= 11 is 0. The summed E-state index contributed by atoms with van der Waals surface area (Å²) in [7, 11) is 1.16. The number of amides is 3. The van der Waals surface area contributed by atoms with Crippen LogP contribution in [0.1, 0.15) is 54.4 Å². The number of carbonyl (C=O) groups excluding carboxylic acids is 4. The third-order valence-electron chi connectivity index (χ3n) is 2.48. The molecule has 0 unspecified atom stereocenters. The highest BCUT2D eigenvalue weighted by atomic mass is 16.6. The number of nitrogens with one attached hydrogen (secondary N) is 2. The molecule has 0 saturated carbocycles. The molecule has 0 spiro atoms. The lowest BCUT2D eigenvalue weighted by Gasteiger charge is -2.22. The molecule has 0 aliphatic carbocycles. The van der Waals surface area contributed by atoms with Crippen molar-refractivity contribution in [1.82, 2.24) is 10.6 Å². The Kier molecular flexibility index (Phi) is 8.38. The zero-order valence-corrected chi connectivity index (χ0v) is 15.8. The molecule has 0 bridgehead atoms. The average molecular weight is 360 g/mol. The van der Waals surface area contributed by atoms with E-state index < -0.39 is 41.3 Å². The summed E-state index contributed by atoms with van der Waals surface area (Å²) in [5.74, 6) is -1.37. The highest BCUT2D eigenvalue weighted by Gasteiger charge is 2.26. The van der Waals surface area contributed by atoms with Crippen molar-refractivity contribution in [2.45, 2.75) is 71.6 Å². The maximum atomic E-state index is 11.8. The molecule has 9 nitrogen and oxygen atoms in total. The van der Waals surface area contributed by atoms with Crippen molar-refractivity contribution in [2.75, 3.05) is 7.11 Å². The molecule has 0 rings (SSSR count). The van der Waals surface area contributed by atoms with Gasteiger partial charge in [0.2, 0.25) is 5.91 Å². The summed E-state index contributed by atoms with van der Waals surface area (Å²) in [6.07, 6.45) is -1.96. The second kappa shape index (κ2) is 9.24. The van der Waals surface area contributed by atoms with Crippen molar-refractivity contribution >= 4 is 24.1 Å². The van der Waals surface area contributed by atoms with E-state index in [1.807, 2.05) is 5.32 Å². The molecule has 0 aromatic heterocycles. The topological polar surface area (TPSA) is 120 Å². The van der Waals surface area contributed by atoms with Crippen molar-refractivity contribution in [3.05, 3.63) is 0 Å². The lowest BCUT2D eigenvalue weighted by molar-refractivity contribution is -0.143. The fourth-order valence-electron chi connectivity index (χ4n) is 1.60. The van der Waals surface area contributed by atoms with Crippen LogP contribution in [0, 0.1) is 0 Å². The number of ether oxygens (including phenoxy) is 3. The lowest BCUT2D eigenvalue weighted by Crippen LogP contribution is -2.45. The molecule has 0 aliphatic heterocycles. The minimum Gasteiger partial charge on any atom is -0.467 e. The van der Waals surface area contributed by atoms with Gasteiger partial charge in [-0.05, 0) is 48.0 Å². The number of esters is 1. The second-order valence-corrected chi connectivity index (χ2v) is 7.31. The molecule has 1 atom stereocenters. The molecule has 25 heavy (non-hydrogen) atoms. The zero-order chi connectivity index (χ0) is 19.8. The third kappa shape index (κ3) is 11.8. The Morgan fingerprint density at radius 3 is 1.80 bits per heavy atom. The van der Waals surface area contributed by atoms with Crippen molar-refractivity contribution in [3.63, 3.8) is 0 Å². The molecule has 0 aromatic carbocycles. The first kappa shape index (κ1) is 22.7. The number of methoxy groups -OCH3 is 1. The second-order valence-electron chi connectivity index (χ2n) is 7.31. The first-order valence-corrected chi connectivity index (χ1v) is 7.83. The van der Waals surface area contributed by atoms with Crippen LogP contribution in [-0.2, 0) is 23.8 Å². The van der Waals surface area contributed by atoms with E-state index in [2.05, 4.69) is 10.1 Å². The molecule has 2 N–H and O–H groups in total. The minimum atomic E-state index is -1.08. The van der Waals surface area contributed by atoms with E-state index in [9.17, 15) is 19.2 Å². The smallest absolute Gasteiger partial charge is 0.414 e. The van der Waals surface area contributed by atoms with Gasteiger partial charge < -0.3 is 19.5 Å². The number of carbonyl (C=O) groups is 4. The first-order chi connectivity index (χ1) is 11.2. The van der Waals surface area contributed by atoms with Gasteiger partial charge in [-0.1, -0.05) is 0 Å². The molecular formula is C16H28N2O7. The zero-order valence-electron chi connectivity index (χ0n) is 15.8. The molecule has 0 fully saturated rings. The van der Waals surface area contributed by atoms with Gasteiger partial charge in [0.25, 0.3) is 0 Å². The van der Waals surface area contributed by atoms with E-state index >= 15 is 0 Å². The van der Waals surface area contributed by atoms with Crippen LogP contribution in [0.4, 0.5) is 9.59 Å².